The molecule has 3 saturated carbocycles. The van der Waals surface area contributed by atoms with Gasteiger partial charge in [0.1, 0.15) is 6.04 Å². The summed E-state index contributed by atoms with van der Waals surface area (Å²) in [7, 11) is -3.10. The minimum absolute atomic E-state index is 0.0729. The Morgan fingerprint density at radius 3 is 2.46 bits per heavy atom. The third-order valence-electron chi connectivity index (χ3n) is 9.68. The predicted octanol–water partition coefficient (Wildman–Crippen LogP) is 4.91. The molecule has 8 nitrogen and oxygen atoms in total. The highest BCUT2D eigenvalue weighted by molar-refractivity contribution is 7.89. The molecule has 1 saturated heterocycles. The van der Waals surface area contributed by atoms with E-state index in [1.165, 1.54) is 25.7 Å². The van der Waals surface area contributed by atoms with Crippen molar-refractivity contribution in [3.8, 4) is 0 Å². The molecule has 0 spiro atoms. The van der Waals surface area contributed by atoms with Crippen LogP contribution in [0.4, 0.5) is 0 Å². The molecule has 222 valence electrons. The number of carbonyl (C=O) groups excluding carboxylic acids is 1. The summed E-state index contributed by atoms with van der Waals surface area (Å²) in [6.45, 7) is 8.97. The summed E-state index contributed by atoms with van der Waals surface area (Å²) >= 11 is 0. The second kappa shape index (κ2) is 11.8. The Kier molecular flexibility index (Phi) is 8.70. The topological polar surface area (TPSA) is 100 Å². The lowest BCUT2D eigenvalue weighted by atomic mass is 9.43. The molecule has 4 aliphatic rings. The Labute approximate surface area is 244 Å². The first-order valence-corrected chi connectivity index (χ1v) is 16.1. The standard InChI is InChI=1S/C31H42BNO7S/c1-21-13-15-24(16-14-21)41(35,36)33-28(29(34)37-5)25(38-20-22-10-7-6-8-11-22)12-9-17-32-39-27-19-23-18-26(30(23,2)3)31(27,4)40-32/h6-8,10-11,13-16,23,25-28,33H,9,12,17-20H2,1-5H3/t23-,25-,26-,27?,28-,31-/m0/s1. The molecule has 2 bridgehead atoms. The zero-order chi connectivity index (χ0) is 29.4. The van der Waals surface area contributed by atoms with Crippen LogP contribution in [0.5, 0.6) is 0 Å². The molecule has 3 aliphatic carbocycles. The lowest BCUT2D eigenvalue weighted by molar-refractivity contribution is -0.199. The van der Waals surface area contributed by atoms with E-state index in [0.29, 0.717) is 31.0 Å². The Balaban J connectivity index is 1.29. The number of nitrogens with one attached hydrogen (secondary N) is 1. The van der Waals surface area contributed by atoms with E-state index in [4.69, 9.17) is 18.8 Å². The van der Waals surface area contributed by atoms with Gasteiger partial charge in [-0.25, -0.2) is 8.42 Å². The zero-order valence-corrected chi connectivity index (χ0v) is 25.5. The van der Waals surface area contributed by atoms with Gasteiger partial charge in [-0.3, -0.25) is 4.79 Å². The van der Waals surface area contributed by atoms with Gasteiger partial charge in [-0.05, 0) is 74.4 Å². The van der Waals surface area contributed by atoms with Crippen molar-refractivity contribution in [2.75, 3.05) is 7.11 Å². The van der Waals surface area contributed by atoms with E-state index in [1.54, 1.807) is 12.1 Å². The average Bonchev–Trinajstić information content (AvgIpc) is 3.30. The molecule has 41 heavy (non-hydrogen) atoms. The van der Waals surface area contributed by atoms with Gasteiger partial charge in [0, 0.05) is 0 Å². The van der Waals surface area contributed by atoms with Crippen molar-refractivity contribution in [1.82, 2.24) is 4.72 Å². The summed E-state index contributed by atoms with van der Waals surface area (Å²) in [6, 6.07) is 14.8. The molecular formula is C31H42BNO7S. The van der Waals surface area contributed by atoms with Gasteiger partial charge in [0.25, 0.3) is 0 Å². The summed E-state index contributed by atoms with van der Waals surface area (Å²) in [5.41, 5.74) is 1.83. The van der Waals surface area contributed by atoms with Gasteiger partial charge in [0.15, 0.2) is 0 Å². The monoisotopic (exact) mass is 583 g/mol. The molecule has 2 aromatic carbocycles. The first-order chi connectivity index (χ1) is 19.4. The molecule has 1 N–H and O–H groups in total. The van der Waals surface area contributed by atoms with Gasteiger partial charge in [-0.1, -0.05) is 68.3 Å². The van der Waals surface area contributed by atoms with Crippen LogP contribution in [0.25, 0.3) is 0 Å². The molecule has 0 amide bonds. The number of benzene rings is 2. The average molecular weight is 584 g/mol. The van der Waals surface area contributed by atoms with Crippen molar-refractivity contribution in [2.45, 2.75) is 95.1 Å². The number of esters is 1. The summed E-state index contributed by atoms with van der Waals surface area (Å²) in [6.07, 6.45) is 3.17. The molecule has 4 fully saturated rings. The van der Waals surface area contributed by atoms with Crippen LogP contribution < -0.4 is 4.72 Å². The second-order valence-electron chi connectivity index (χ2n) is 12.6. The quantitative estimate of drug-likeness (QED) is 0.280. The lowest BCUT2D eigenvalue weighted by Gasteiger charge is -2.64. The highest BCUT2D eigenvalue weighted by Gasteiger charge is 2.67. The van der Waals surface area contributed by atoms with Gasteiger partial charge in [0.05, 0.1) is 36.4 Å². The van der Waals surface area contributed by atoms with E-state index in [2.05, 4.69) is 25.5 Å². The number of aryl methyl sites for hydroxylation is 1. The van der Waals surface area contributed by atoms with Gasteiger partial charge in [-0.15, -0.1) is 0 Å². The number of methoxy groups -OCH3 is 1. The fourth-order valence-corrected chi connectivity index (χ4v) is 8.25. The van der Waals surface area contributed by atoms with Gasteiger partial charge < -0.3 is 18.8 Å². The van der Waals surface area contributed by atoms with Crippen LogP contribution in [0.2, 0.25) is 6.32 Å². The third kappa shape index (κ3) is 6.13. The normalized spacial score (nSPS) is 27.9. The summed E-state index contributed by atoms with van der Waals surface area (Å²) in [5.74, 6) is 0.448. The van der Waals surface area contributed by atoms with Crippen LogP contribution in [-0.4, -0.2) is 52.5 Å². The highest BCUT2D eigenvalue weighted by atomic mass is 32.2. The van der Waals surface area contributed by atoms with Gasteiger partial charge in [-0.2, -0.15) is 4.72 Å². The van der Waals surface area contributed by atoms with Crippen molar-refractivity contribution in [3.05, 3.63) is 65.7 Å². The summed E-state index contributed by atoms with van der Waals surface area (Å²) in [4.78, 5) is 13.1. The van der Waals surface area contributed by atoms with E-state index >= 15 is 0 Å². The number of sulfonamides is 1. The van der Waals surface area contributed by atoms with Crippen LogP contribution in [-0.2, 0) is 40.2 Å². The fourth-order valence-electron chi connectivity index (χ4n) is 7.04. The van der Waals surface area contributed by atoms with E-state index < -0.39 is 28.1 Å². The summed E-state index contributed by atoms with van der Waals surface area (Å²) in [5, 5.41) is 0. The van der Waals surface area contributed by atoms with Gasteiger partial charge >= 0.3 is 13.1 Å². The highest BCUT2D eigenvalue weighted by Crippen LogP contribution is 2.65. The van der Waals surface area contributed by atoms with E-state index in [1.807, 2.05) is 37.3 Å². The molecule has 2 aromatic rings. The Morgan fingerprint density at radius 2 is 1.80 bits per heavy atom. The predicted molar refractivity (Wildman–Crippen MR) is 156 cm³/mol. The number of carbonyl (C=O) groups is 1. The van der Waals surface area contributed by atoms with Crippen molar-refractivity contribution >= 4 is 23.1 Å². The van der Waals surface area contributed by atoms with Gasteiger partial charge in [0.2, 0.25) is 10.0 Å². The minimum Gasteiger partial charge on any atom is -0.468 e. The van der Waals surface area contributed by atoms with Crippen LogP contribution >= 0.6 is 0 Å². The molecular weight excluding hydrogens is 541 g/mol. The molecule has 1 aliphatic heterocycles. The van der Waals surface area contributed by atoms with Crippen molar-refractivity contribution in [2.24, 2.45) is 17.3 Å². The molecule has 1 unspecified atom stereocenters. The van der Waals surface area contributed by atoms with Crippen molar-refractivity contribution in [1.29, 1.82) is 0 Å². The lowest BCUT2D eigenvalue weighted by Crippen LogP contribution is -2.65. The van der Waals surface area contributed by atoms with Crippen LogP contribution in [0.1, 0.15) is 57.6 Å². The molecule has 0 radical (unpaired) electrons. The molecule has 6 atom stereocenters. The van der Waals surface area contributed by atoms with Crippen LogP contribution in [0.15, 0.2) is 59.5 Å². The van der Waals surface area contributed by atoms with E-state index in [9.17, 15) is 13.2 Å². The molecule has 10 heteroatoms. The van der Waals surface area contributed by atoms with Crippen molar-refractivity contribution in [3.63, 3.8) is 0 Å². The number of rotatable bonds is 12. The SMILES string of the molecule is COC(=O)[C@@H](NS(=O)(=O)c1ccc(C)cc1)[C@H](CCCB1OC2C[C@@H]3C[C@@H](C3(C)C)[C@]2(C)O1)OCc1ccccc1. The molecule has 0 aromatic heterocycles. The van der Waals surface area contributed by atoms with Crippen LogP contribution in [0.3, 0.4) is 0 Å². The summed E-state index contributed by atoms with van der Waals surface area (Å²) < 4.78 is 53.4. The fraction of sp³-hybridized carbons (Fsp3) is 0.581. The van der Waals surface area contributed by atoms with Crippen LogP contribution in [0, 0.1) is 24.2 Å². The Morgan fingerprint density at radius 1 is 1.10 bits per heavy atom. The van der Waals surface area contributed by atoms with Crippen molar-refractivity contribution < 1.29 is 32.0 Å². The maximum absolute atomic E-state index is 13.3. The van der Waals surface area contributed by atoms with E-state index in [0.717, 1.165) is 17.5 Å². The Hall–Kier alpha value is -2.24. The smallest absolute Gasteiger partial charge is 0.457 e. The first-order valence-electron chi connectivity index (χ1n) is 14.6. The minimum atomic E-state index is -4.02. The molecule has 6 rings (SSSR count). The number of hydrogen-bond donors (Lipinski definition) is 1. The van der Waals surface area contributed by atoms with E-state index in [-0.39, 0.29) is 35.7 Å². The molecule has 1 heterocycles. The second-order valence-corrected chi connectivity index (χ2v) is 14.3. The maximum atomic E-state index is 13.3. The third-order valence-corrected chi connectivity index (χ3v) is 11.1. The first kappa shape index (κ1) is 30.2. The zero-order valence-electron chi connectivity index (χ0n) is 24.7. The largest absolute Gasteiger partial charge is 0.468 e. The maximum Gasteiger partial charge on any atom is 0.457 e. The number of hydrogen-bond acceptors (Lipinski definition) is 7. The number of ether oxygens (including phenoxy) is 2. The Bertz CT molecular complexity index is 1320.